The SMILES string of the molecule is CCOCCOc1cccc(NC2Nc3cc(C(=O)NO)ccc3O2)c1. The second kappa shape index (κ2) is 8.41. The van der Waals surface area contributed by atoms with Gasteiger partial charge >= 0.3 is 0 Å². The molecule has 4 N–H and O–H groups in total. The first-order chi connectivity index (χ1) is 12.7. The van der Waals surface area contributed by atoms with E-state index < -0.39 is 12.3 Å². The topological polar surface area (TPSA) is 101 Å². The lowest BCUT2D eigenvalue weighted by molar-refractivity contribution is 0.0706. The van der Waals surface area contributed by atoms with Crippen molar-refractivity contribution in [2.24, 2.45) is 0 Å². The molecule has 0 radical (unpaired) electrons. The van der Waals surface area contributed by atoms with Crippen molar-refractivity contribution in [2.45, 2.75) is 13.3 Å². The summed E-state index contributed by atoms with van der Waals surface area (Å²) in [7, 11) is 0. The molecule has 0 aliphatic carbocycles. The average Bonchev–Trinajstić information content (AvgIpc) is 3.06. The molecule has 1 atom stereocenters. The molecule has 8 nitrogen and oxygen atoms in total. The lowest BCUT2D eigenvalue weighted by atomic mass is 10.2. The van der Waals surface area contributed by atoms with Crippen LogP contribution >= 0.6 is 0 Å². The van der Waals surface area contributed by atoms with E-state index in [1.54, 1.807) is 23.7 Å². The fraction of sp³-hybridized carbons (Fsp3) is 0.278. The molecule has 0 saturated carbocycles. The summed E-state index contributed by atoms with van der Waals surface area (Å²) in [4.78, 5) is 11.5. The van der Waals surface area contributed by atoms with Crippen LogP contribution in [0.3, 0.4) is 0 Å². The van der Waals surface area contributed by atoms with Gasteiger partial charge in [0, 0.05) is 23.9 Å². The Morgan fingerprint density at radius 2 is 2.15 bits per heavy atom. The van der Waals surface area contributed by atoms with Gasteiger partial charge in [-0.05, 0) is 37.3 Å². The Morgan fingerprint density at radius 3 is 2.96 bits per heavy atom. The minimum atomic E-state index is -0.581. The van der Waals surface area contributed by atoms with Crippen LogP contribution in [-0.2, 0) is 4.74 Å². The second-order valence-corrected chi connectivity index (χ2v) is 5.51. The predicted octanol–water partition coefficient (Wildman–Crippen LogP) is 2.42. The summed E-state index contributed by atoms with van der Waals surface area (Å²) in [6.45, 7) is 3.63. The van der Waals surface area contributed by atoms with Crippen molar-refractivity contribution in [2.75, 3.05) is 30.5 Å². The molecule has 2 aromatic carbocycles. The zero-order valence-electron chi connectivity index (χ0n) is 14.3. The van der Waals surface area contributed by atoms with Crippen molar-refractivity contribution in [1.29, 1.82) is 0 Å². The molecule has 1 aliphatic heterocycles. The maximum atomic E-state index is 11.5. The number of rotatable bonds is 8. The number of carbonyl (C=O) groups excluding carboxylic acids is 1. The highest BCUT2D eigenvalue weighted by Crippen LogP contribution is 2.33. The molecule has 1 heterocycles. The minimum absolute atomic E-state index is 0.327. The van der Waals surface area contributed by atoms with Gasteiger partial charge in [-0.25, -0.2) is 5.48 Å². The van der Waals surface area contributed by atoms with Crippen LogP contribution < -0.4 is 25.6 Å². The molecule has 8 heteroatoms. The standard InChI is InChI=1S/C18H21N3O5/c1-2-24-8-9-25-14-5-3-4-13(11-14)19-18-20-15-10-12(17(22)21-23)6-7-16(15)26-18/h3-7,10-11,18-20,23H,2,8-9H2,1H3,(H,21,22). The van der Waals surface area contributed by atoms with Gasteiger partial charge < -0.3 is 24.8 Å². The Morgan fingerprint density at radius 1 is 1.27 bits per heavy atom. The molecule has 0 saturated heterocycles. The van der Waals surface area contributed by atoms with Crippen LogP contribution in [-0.4, -0.2) is 37.3 Å². The average molecular weight is 359 g/mol. The lowest BCUT2D eigenvalue weighted by Crippen LogP contribution is -2.29. The predicted molar refractivity (Wildman–Crippen MR) is 95.8 cm³/mol. The number of ether oxygens (including phenoxy) is 3. The highest BCUT2D eigenvalue weighted by Gasteiger charge is 2.23. The van der Waals surface area contributed by atoms with Gasteiger partial charge in [0.25, 0.3) is 5.91 Å². The zero-order chi connectivity index (χ0) is 18.4. The summed E-state index contributed by atoms with van der Waals surface area (Å²) in [5.41, 5.74) is 3.41. The van der Waals surface area contributed by atoms with E-state index in [-0.39, 0.29) is 0 Å². The van der Waals surface area contributed by atoms with Gasteiger partial charge in [0.1, 0.15) is 18.1 Å². The number of amides is 1. The van der Waals surface area contributed by atoms with Crippen LogP contribution in [0.1, 0.15) is 17.3 Å². The van der Waals surface area contributed by atoms with Gasteiger partial charge in [-0.2, -0.15) is 0 Å². The zero-order valence-corrected chi connectivity index (χ0v) is 14.3. The number of hydrogen-bond acceptors (Lipinski definition) is 7. The number of fused-ring (bicyclic) bond motifs is 1. The molecule has 26 heavy (non-hydrogen) atoms. The van der Waals surface area contributed by atoms with Gasteiger partial charge in [0.15, 0.2) is 0 Å². The van der Waals surface area contributed by atoms with Crippen LogP contribution in [0.4, 0.5) is 11.4 Å². The van der Waals surface area contributed by atoms with Crippen LogP contribution in [0.5, 0.6) is 11.5 Å². The van der Waals surface area contributed by atoms with Crippen molar-refractivity contribution < 1.29 is 24.2 Å². The molecule has 2 aromatic rings. The molecule has 3 rings (SSSR count). The van der Waals surface area contributed by atoms with Crippen LogP contribution in [0, 0.1) is 0 Å². The van der Waals surface area contributed by atoms with E-state index in [0.29, 0.717) is 36.8 Å². The van der Waals surface area contributed by atoms with Gasteiger partial charge in [0.2, 0.25) is 6.35 Å². The molecule has 0 bridgehead atoms. The maximum Gasteiger partial charge on any atom is 0.274 e. The third-order valence-corrected chi connectivity index (χ3v) is 3.71. The Kier molecular flexibility index (Phi) is 5.77. The van der Waals surface area contributed by atoms with E-state index in [1.165, 1.54) is 0 Å². The van der Waals surface area contributed by atoms with Crippen molar-refractivity contribution in [1.82, 2.24) is 5.48 Å². The first-order valence-corrected chi connectivity index (χ1v) is 8.28. The summed E-state index contributed by atoms with van der Waals surface area (Å²) in [5, 5.41) is 15.0. The largest absolute Gasteiger partial charge is 0.491 e. The van der Waals surface area contributed by atoms with Crippen LogP contribution in [0.2, 0.25) is 0 Å². The Labute approximate surface area is 151 Å². The monoisotopic (exact) mass is 359 g/mol. The highest BCUT2D eigenvalue weighted by molar-refractivity contribution is 5.95. The first-order valence-electron chi connectivity index (χ1n) is 8.28. The normalized spacial score (nSPS) is 14.8. The van der Waals surface area contributed by atoms with Gasteiger partial charge in [-0.1, -0.05) is 6.07 Å². The Balaban J connectivity index is 1.59. The lowest BCUT2D eigenvalue weighted by Gasteiger charge is -2.15. The summed E-state index contributed by atoms with van der Waals surface area (Å²) >= 11 is 0. The molecular weight excluding hydrogens is 338 g/mol. The first kappa shape index (κ1) is 17.8. The summed E-state index contributed by atoms with van der Waals surface area (Å²) in [6, 6.07) is 12.4. The van der Waals surface area contributed by atoms with Crippen molar-refractivity contribution in [3.8, 4) is 11.5 Å². The van der Waals surface area contributed by atoms with Gasteiger partial charge in [-0.15, -0.1) is 0 Å². The quantitative estimate of drug-likeness (QED) is 0.326. The Hall–Kier alpha value is -2.97. The molecule has 0 fully saturated rings. The molecule has 1 unspecified atom stereocenters. The number of hydroxylamine groups is 1. The van der Waals surface area contributed by atoms with Crippen molar-refractivity contribution in [3.05, 3.63) is 48.0 Å². The highest BCUT2D eigenvalue weighted by atomic mass is 16.5. The maximum absolute atomic E-state index is 11.5. The molecule has 1 aliphatic rings. The molecule has 138 valence electrons. The number of benzene rings is 2. The summed E-state index contributed by atoms with van der Waals surface area (Å²) in [6.07, 6.45) is -0.490. The minimum Gasteiger partial charge on any atom is -0.491 e. The van der Waals surface area contributed by atoms with Crippen LogP contribution in [0.25, 0.3) is 0 Å². The van der Waals surface area contributed by atoms with Gasteiger partial charge in [0.05, 0.1) is 12.3 Å². The van der Waals surface area contributed by atoms with E-state index in [4.69, 9.17) is 19.4 Å². The van der Waals surface area contributed by atoms with Crippen LogP contribution in [0.15, 0.2) is 42.5 Å². The fourth-order valence-electron chi connectivity index (χ4n) is 2.50. The number of anilines is 2. The van der Waals surface area contributed by atoms with E-state index in [0.717, 1.165) is 11.4 Å². The molecular formula is C18H21N3O5. The number of nitrogens with one attached hydrogen (secondary N) is 3. The van der Waals surface area contributed by atoms with E-state index in [2.05, 4.69) is 10.6 Å². The second-order valence-electron chi connectivity index (χ2n) is 5.51. The van der Waals surface area contributed by atoms with E-state index in [1.807, 2.05) is 31.2 Å². The third-order valence-electron chi connectivity index (χ3n) is 3.71. The molecule has 0 spiro atoms. The smallest absolute Gasteiger partial charge is 0.274 e. The van der Waals surface area contributed by atoms with Gasteiger partial charge in [-0.3, -0.25) is 10.0 Å². The van der Waals surface area contributed by atoms with E-state index in [9.17, 15) is 4.79 Å². The third kappa shape index (κ3) is 4.35. The fourth-order valence-corrected chi connectivity index (χ4v) is 2.50. The molecule has 0 aromatic heterocycles. The van der Waals surface area contributed by atoms with Crippen molar-refractivity contribution >= 4 is 17.3 Å². The summed E-state index contributed by atoms with van der Waals surface area (Å²) < 4.78 is 16.6. The molecule has 1 amide bonds. The number of carbonyl (C=O) groups is 1. The summed E-state index contributed by atoms with van der Waals surface area (Å²) in [5.74, 6) is 0.760. The van der Waals surface area contributed by atoms with Crippen molar-refractivity contribution in [3.63, 3.8) is 0 Å². The number of hydrogen-bond donors (Lipinski definition) is 4. The van der Waals surface area contributed by atoms with E-state index >= 15 is 0 Å². The Bertz CT molecular complexity index is 768.